The lowest BCUT2D eigenvalue weighted by molar-refractivity contribution is -0.336. The van der Waals surface area contributed by atoms with Gasteiger partial charge in [0.15, 0.2) is 24.7 Å². The van der Waals surface area contributed by atoms with E-state index in [0.717, 1.165) is 38.5 Å². The van der Waals surface area contributed by atoms with Gasteiger partial charge in [0, 0.05) is 26.4 Å². The number of fused-ring (bicyclic) bond motifs is 3. The molecule has 6 aliphatic heterocycles. The Morgan fingerprint density at radius 1 is 0.792 bits per heavy atom. The monoisotopic (exact) mass is 748 g/mol. The zero-order chi connectivity index (χ0) is 37.0. The van der Waals surface area contributed by atoms with Crippen molar-refractivity contribution in [2.75, 3.05) is 20.3 Å². The molecule has 13 heteroatoms. The summed E-state index contributed by atoms with van der Waals surface area (Å²) in [6.45, 7) is 11.3. The number of methoxy groups -OCH3 is 1. The fraction of sp³-hybridized carbons (Fsp3) is 0.900. The van der Waals surface area contributed by atoms with Crippen molar-refractivity contribution in [1.29, 1.82) is 0 Å². The second-order valence-corrected chi connectivity index (χ2v) is 17.8. The summed E-state index contributed by atoms with van der Waals surface area (Å²) in [4.78, 5) is 0. The van der Waals surface area contributed by atoms with Crippen molar-refractivity contribution in [3.63, 3.8) is 0 Å². The van der Waals surface area contributed by atoms with Crippen LogP contribution in [0.15, 0.2) is 23.0 Å². The zero-order valence-corrected chi connectivity index (χ0v) is 32.0. The summed E-state index contributed by atoms with van der Waals surface area (Å²) < 4.78 is 61.9. The average molecular weight is 749 g/mol. The van der Waals surface area contributed by atoms with Gasteiger partial charge in [-0.2, -0.15) is 0 Å². The van der Waals surface area contributed by atoms with Gasteiger partial charge < -0.3 is 62.7 Å². The van der Waals surface area contributed by atoms with Gasteiger partial charge >= 0.3 is 0 Å². The minimum absolute atomic E-state index is 0.0108. The van der Waals surface area contributed by atoms with Crippen LogP contribution < -0.4 is 0 Å². The lowest BCUT2D eigenvalue weighted by Gasteiger charge is -2.52. The molecule has 3 N–H and O–H groups in total. The molecule has 53 heavy (non-hydrogen) atoms. The first-order valence-corrected chi connectivity index (χ1v) is 20.2. The fourth-order valence-corrected chi connectivity index (χ4v) is 11.9. The van der Waals surface area contributed by atoms with Crippen molar-refractivity contribution < 1.29 is 62.7 Å². The zero-order valence-electron chi connectivity index (χ0n) is 32.0. The summed E-state index contributed by atoms with van der Waals surface area (Å²) in [7, 11) is 1.55. The first-order chi connectivity index (χ1) is 25.3. The highest BCUT2D eigenvalue weighted by molar-refractivity contribution is 5.40. The number of hydrogen-bond acceptors (Lipinski definition) is 13. The fourth-order valence-electron chi connectivity index (χ4n) is 11.9. The third-order valence-electron chi connectivity index (χ3n) is 14.7. The SMILES string of the molecule is CO[C@@H]1C[C@H](O[C@H]2[C@@H](O)C[C@H](O[C@H]3[C@H](O)C[C@H](O[C@H]4CC[C@@]5(C)C(=CCC6=C7O[C@@H]8CO[C@]9(C)OC[C@@]7(CC[C@@H]65)[C@H]89)C4)O[C@@H]3C)O[C@@H]2C)O[C@@H](C)[C@@H]1O. The normalized spacial score (nSPS) is 54.8. The molecule has 0 aromatic rings. The van der Waals surface area contributed by atoms with E-state index in [0.29, 0.717) is 25.6 Å². The summed E-state index contributed by atoms with van der Waals surface area (Å²) in [5, 5.41) is 32.7. The number of rotatable bonds is 7. The number of hydrogen-bond donors (Lipinski definition) is 3. The van der Waals surface area contributed by atoms with Crippen LogP contribution in [0, 0.1) is 22.7 Å². The van der Waals surface area contributed by atoms with E-state index in [1.165, 1.54) is 16.9 Å². The van der Waals surface area contributed by atoms with Crippen LogP contribution in [-0.2, 0) is 47.4 Å². The molecule has 9 aliphatic rings. The lowest BCUT2D eigenvalue weighted by atomic mass is 9.52. The molecule has 0 unspecified atom stereocenters. The number of ether oxygens (including phenoxy) is 10. The van der Waals surface area contributed by atoms with Crippen LogP contribution in [0.1, 0.15) is 92.4 Å². The van der Waals surface area contributed by atoms with Gasteiger partial charge in [-0.3, -0.25) is 0 Å². The lowest BCUT2D eigenvalue weighted by Crippen LogP contribution is -2.56. The first kappa shape index (κ1) is 37.4. The molecule has 19 atom stereocenters. The molecule has 0 aromatic carbocycles. The highest BCUT2D eigenvalue weighted by Crippen LogP contribution is 2.68. The first-order valence-electron chi connectivity index (χ1n) is 20.2. The Balaban J connectivity index is 0.786. The van der Waals surface area contributed by atoms with E-state index in [2.05, 4.69) is 19.9 Å². The number of allylic oxidation sites excluding steroid dienone is 2. The highest BCUT2D eigenvalue weighted by Gasteiger charge is 2.72. The predicted molar refractivity (Wildman–Crippen MR) is 186 cm³/mol. The van der Waals surface area contributed by atoms with Gasteiger partial charge in [-0.15, -0.1) is 0 Å². The maximum absolute atomic E-state index is 11.3. The quantitative estimate of drug-likeness (QED) is 0.326. The maximum atomic E-state index is 11.3. The minimum atomic E-state index is -0.885. The van der Waals surface area contributed by atoms with Gasteiger partial charge in [0.05, 0.1) is 67.3 Å². The van der Waals surface area contributed by atoms with Gasteiger partial charge in [0.25, 0.3) is 0 Å². The minimum Gasteiger partial charge on any atom is -0.491 e. The van der Waals surface area contributed by atoms with E-state index in [1.807, 2.05) is 13.8 Å². The second kappa shape index (κ2) is 13.7. The van der Waals surface area contributed by atoms with E-state index >= 15 is 0 Å². The third-order valence-corrected chi connectivity index (χ3v) is 14.7. The van der Waals surface area contributed by atoms with Crippen molar-refractivity contribution >= 4 is 0 Å². The topological polar surface area (TPSA) is 153 Å². The van der Waals surface area contributed by atoms with Gasteiger partial charge in [-0.25, -0.2) is 0 Å². The summed E-state index contributed by atoms with van der Waals surface area (Å²) in [6.07, 6.45) is 1.72. The molecule has 3 aliphatic carbocycles. The van der Waals surface area contributed by atoms with Crippen molar-refractivity contribution in [3.8, 4) is 0 Å². The molecular weight excluding hydrogens is 688 g/mol. The Bertz CT molecular complexity index is 1430. The van der Waals surface area contributed by atoms with Gasteiger partial charge in [0.2, 0.25) is 0 Å². The maximum Gasteiger partial charge on any atom is 0.173 e. The van der Waals surface area contributed by atoms with Crippen molar-refractivity contribution in [2.45, 2.75) is 184 Å². The van der Waals surface area contributed by atoms with Gasteiger partial charge in [0.1, 0.15) is 30.2 Å². The molecule has 298 valence electrons. The van der Waals surface area contributed by atoms with Crippen molar-refractivity contribution in [3.05, 3.63) is 23.0 Å². The predicted octanol–water partition coefficient (Wildman–Crippen LogP) is 3.61. The summed E-state index contributed by atoms with van der Waals surface area (Å²) in [5.74, 6) is 1.45. The molecule has 9 rings (SSSR count). The highest BCUT2D eigenvalue weighted by atomic mass is 16.7. The van der Waals surface area contributed by atoms with Crippen LogP contribution in [0.4, 0.5) is 0 Å². The standard InChI is InChI=1S/C40H60O13/c1-19-33(43)28(44-6)16-32(47-19)53-35-21(3)49-31(15-27(35)42)52-34-20(2)48-30(14-26(34)41)50-23-9-11-38(4)22(13-23)7-8-24-25(38)10-12-40-18-46-39(5)36(40)29(17-45-39)51-37(24)40/h7,19-21,23,25-36,41-43H,8-18H2,1-6H3/t19-,20+,21+,23-,25-,26+,27-,28+,29+,30-,31-,32-,33-,34+,35+,36+,38-,39+,40-/m0/s1. The summed E-state index contributed by atoms with van der Waals surface area (Å²) >= 11 is 0. The Morgan fingerprint density at radius 3 is 2.13 bits per heavy atom. The third kappa shape index (κ3) is 6.10. The van der Waals surface area contributed by atoms with Crippen LogP contribution in [0.25, 0.3) is 0 Å². The Labute approximate surface area is 312 Å². The molecule has 6 saturated heterocycles. The molecule has 1 saturated carbocycles. The van der Waals surface area contributed by atoms with E-state index < -0.39 is 79.6 Å². The smallest absolute Gasteiger partial charge is 0.173 e. The summed E-state index contributed by atoms with van der Waals surface area (Å²) in [5.41, 5.74) is 3.00. The van der Waals surface area contributed by atoms with E-state index in [1.54, 1.807) is 14.0 Å². The van der Waals surface area contributed by atoms with Gasteiger partial charge in [-0.05, 0) is 83.1 Å². The van der Waals surface area contributed by atoms with Crippen LogP contribution in [0.2, 0.25) is 0 Å². The Morgan fingerprint density at radius 2 is 1.45 bits per heavy atom. The number of aliphatic hydroxyl groups is 3. The van der Waals surface area contributed by atoms with Crippen molar-refractivity contribution in [2.24, 2.45) is 22.7 Å². The molecule has 0 aromatic heterocycles. The molecule has 7 fully saturated rings. The van der Waals surface area contributed by atoms with E-state index in [9.17, 15) is 15.3 Å². The molecule has 6 heterocycles. The summed E-state index contributed by atoms with van der Waals surface area (Å²) in [6, 6.07) is 0. The Hall–Kier alpha value is -1.20. The van der Waals surface area contributed by atoms with Crippen LogP contribution in [-0.4, -0.2) is 127 Å². The molecule has 0 bridgehead atoms. The molecule has 1 spiro atoms. The number of aliphatic hydroxyl groups excluding tert-OH is 3. The molecule has 0 amide bonds. The van der Waals surface area contributed by atoms with Crippen LogP contribution >= 0.6 is 0 Å². The van der Waals surface area contributed by atoms with Crippen LogP contribution in [0.5, 0.6) is 0 Å². The second-order valence-electron chi connectivity index (χ2n) is 17.8. The molecule has 13 nitrogen and oxygen atoms in total. The van der Waals surface area contributed by atoms with E-state index in [4.69, 9.17) is 47.4 Å². The Kier molecular flexibility index (Phi) is 9.68. The molecular formula is C40H60O13. The van der Waals surface area contributed by atoms with Crippen LogP contribution in [0.3, 0.4) is 0 Å². The van der Waals surface area contributed by atoms with E-state index in [-0.39, 0.29) is 41.8 Å². The van der Waals surface area contributed by atoms with Crippen molar-refractivity contribution in [1.82, 2.24) is 0 Å². The molecule has 0 radical (unpaired) electrons. The van der Waals surface area contributed by atoms with Gasteiger partial charge in [-0.1, -0.05) is 18.6 Å². The largest absolute Gasteiger partial charge is 0.491 e. The average Bonchev–Trinajstić information content (AvgIpc) is 3.75.